The lowest BCUT2D eigenvalue weighted by atomic mass is 10.2. The number of nitrogens with zero attached hydrogens (tertiary/aromatic N) is 2. The summed E-state index contributed by atoms with van der Waals surface area (Å²) in [6.07, 6.45) is 5.27. The summed E-state index contributed by atoms with van der Waals surface area (Å²) < 4.78 is 5.74. The lowest BCUT2D eigenvalue weighted by Crippen LogP contribution is -1.85. The molecule has 1 aromatic heterocycles. The third kappa shape index (κ3) is 3.76. The van der Waals surface area contributed by atoms with E-state index in [-0.39, 0.29) is 0 Å². The summed E-state index contributed by atoms with van der Waals surface area (Å²) in [4.78, 5) is 8.39. The topological polar surface area (TPSA) is 34.5 Å². The van der Waals surface area contributed by atoms with Gasteiger partial charge in [-0.3, -0.25) is 9.98 Å². The SMILES string of the molecule is C(=Nc1cccnc1)c1ccc(Oc2ccccc2)cc1. The van der Waals surface area contributed by atoms with Gasteiger partial charge in [0.15, 0.2) is 0 Å². The molecule has 0 radical (unpaired) electrons. The van der Waals surface area contributed by atoms with E-state index in [1.54, 1.807) is 12.4 Å². The van der Waals surface area contributed by atoms with Gasteiger partial charge in [-0.2, -0.15) is 0 Å². The summed E-state index contributed by atoms with van der Waals surface area (Å²) in [5, 5.41) is 0. The fraction of sp³-hybridized carbons (Fsp3) is 0. The van der Waals surface area contributed by atoms with Crippen LogP contribution < -0.4 is 4.74 Å². The quantitative estimate of drug-likeness (QED) is 0.650. The number of hydrogen-bond acceptors (Lipinski definition) is 3. The molecule has 3 aromatic rings. The maximum Gasteiger partial charge on any atom is 0.127 e. The van der Waals surface area contributed by atoms with Gasteiger partial charge < -0.3 is 4.74 Å². The van der Waals surface area contributed by atoms with Crippen molar-refractivity contribution in [1.82, 2.24) is 4.98 Å². The van der Waals surface area contributed by atoms with Crippen molar-refractivity contribution < 1.29 is 4.74 Å². The molecule has 0 fully saturated rings. The van der Waals surface area contributed by atoms with Crippen LogP contribution in [0.15, 0.2) is 84.1 Å². The standard InChI is InChI=1S/C18H14N2O/c1-2-6-17(7-3-1)21-18-10-8-15(9-11-18)13-20-16-5-4-12-19-14-16/h1-14H. The summed E-state index contributed by atoms with van der Waals surface area (Å²) in [6.45, 7) is 0. The fourth-order valence-electron chi connectivity index (χ4n) is 1.83. The maximum atomic E-state index is 5.74. The molecule has 0 aliphatic rings. The molecule has 3 nitrogen and oxygen atoms in total. The molecule has 1 heterocycles. The summed E-state index contributed by atoms with van der Waals surface area (Å²) in [6, 6.07) is 21.3. The number of para-hydroxylation sites is 1. The van der Waals surface area contributed by atoms with Crippen LogP contribution in [0, 0.1) is 0 Å². The Hall–Kier alpha value is -2.94. The van der Waals surface area contributed by atoms with Crippen molar-refractivity contribution in [1.29, 1.82) is 0 Å². The number of rotatable bonds is 4. The average Bonchev–Trinajstić information content (AvgIpc) is 2.56. The van der Waals surface area contributed by atoms with Crippen LogP contribution in [-0.2, 0) is 0 Å². The average molecular weight is 274 g/mol. The number of pyridine rings is 1. The van der Waals surface area contributed by atoms with Gasteiger partial charge in [0.05, 0.1) is 11.9 Å². The number of aromatic nitrogens is 1. The van der Waals surface area contributed by atoms with E-state index in [0.717, 1.165) is 22.7 Å². The monoisotopic (exact) mass is 274 g/mol. The van der Waals surface area contributed by atoms with Crippen molar-refractivity contribution in [2.75, 3.05) is 0 Å². The number of aliphatic imine (C=N–C) groups is 1. The molecule has 0 amide bonds. The molecule has 0 saturated heterocycles. The molecule has 0 bridgehead atoms. The first-order chi connectivity index (χ1) is 10.4. The van der Waals surface area contributed by atoms with Gasteiger partial charge in [-0.15, -0.1) is 0 Å². The zero-order chi connectivity index (χ0) is 14.3. The van der Waals surface area contributed by atoms with Crippen molar-refractivity contribution >= 4 is 11.9 Å². The van der Waals surface area contributed by atoms with Crippen LogP contribution in [0.5, 0.6) is 11.5 Å². The Balaban J connectivity index is 1.68. The van der Waals surface area contributed by atoms with Gasteiger partial charge in [-0.05, 0) is 54.1 Å². The highest BCUT2D eigenvalue weighted by Crippen LogP contribution is 2.20. The molecule has 3 rings (SSSR count). The zero-order valence-electron chi connectivity index (χ0n) is 11.4. The molecule has 102 valence electrons. The highest BCUT2D eigenvalue weighted by Gasteiger charge is 1.96. The van der Waals surface area contributed by atoms with E-state index in [2.05, 4.69) is 9.98 Å². The van der Waals surface area contributed by atoms with Crippen molar-refractivity contribution in [3.8, 4) is 11.5 Å². The molecule has 0 aliphatic carbocycles. The molecule has 21 heavy (non-hydrogen) atoms. The number of benzene rings is 2. The largest absolute Gasteiger partial charge is 0.457 e. The van der Waals surface area contributed by atoms with Gasteiger partial charge >= 0.3 is 0 Å². The Morgan fingerprint density at radius 1 is 0.810 bits per heavy atom. The smallest absolute Gasteiger partial charge is 0.127 e. The first kappa shape index (κ1) is 13.1. The van der Waals surface area contributed by atoms with Gasteiger partial charge in [0.1, 0.15) is 11.5 Å². The van der Waals surface area contributed by atoms with Crippen LogP contribution >= 0.6 is 0 Å². The molecule has 0 aliphatic heterocycles. The molecule has 0 N–H and O–H groups in total. The van der Waals surface area contributed by atoms with Crippen LogP contribution in [0.4, 0.5) is 5.69 Å². The Morgan fingerprint density at radius 2 is 1.57 bits per heavy atom. The molecule has 0 spiro atoms. The van der Waals surface area contributed by atoms with Gasteiger partial charge in [0.25, 0.3) is 0 Å². The lowest BCUT2D eigenvalue weighted by molar-refractivity contribution is 0.482. The third-order valence-corrected chi connectivity index (χ3v) is 2.87. The second-order valence-corrected chi connectivity index (χ2v) is 4.45. The summed E-state index contributed by atoms with van der Waals surface area (Å²) >= 11 is 0. The van der Waals surface area contributed by atoms with Crippen molar-refractivity contribution in [2.24, 2.45) is 4.99 Å². The molecule has 0 unspecified atom stereocenters. The molecule has 3 heteroatoms. The van der Waals surface area contributed by atoms with E-state index < -0.39 is 0 Å². The third-order valence-electron chi connectivity index (χ3n) is 2.87. The summed E-state index contributed by atoms with van der Waals surface area (Å²) in [7, 11) is 0. The molecular weight excluding hydrogens is 260 g/mol. The highest BCUT2D eigenvalue weighted by atomic mass is 16.5. The molecule has 0 atom stereocenters. The van der Waals surface area contributed by atoms with Gasteiger partial charge in [-0.25, -0.2) is 0 Å². The van der Waals surface area contributed by atoms with Gasteiger partial charge in [-0.1, -0.05) is 18.2 Å². The minimum atomic E-state index is 0.805. The zero-order valence-corrected chi connectivity index (χ0v) is 11.4. The minimum absolute atomic E-state index is 0.805. The van der Waals surface area contributed by atoms with E-state index in [1.165, 1.54) is 0 Å². The second-order valence-electron chi connectivity index (χ2n) is 4.45. The maximum absolute atomic E-state index is 5.74. The predicted octanol–water partition coefficient (Wildman–Crippen LogP) is 4.62. The molecular formula is C18H14N2O. The minimum Gasteiger partial charge on any atom is -0.457 e. The van der Waals surface area contributed by atoms with Crippen LogP contribution in [-0.4, -0.2) is 11.2 Å². The van der Waals surface area contributed by atoms with Crippen LogP contribution in [0.2, 0.25) is 0 Å². The Bertz CT molecular complexity index is 707. The summed E-state index contributed by atoms with van der Waals surface area (Å²) in [5.74, 6) is 1.63. The number of hydrogen-bond donors (Lipinski definition) is 0. The van der Waals surface area contributed by atoms with Gasteiger partial charge in [0, 0.05) is 12.4 Å². The Labute approximate surface area is 123 Å². The first-order valence-corrected chi connectivity index (χ1v) is 6.67. The van der Waals surface area contributed by atoms with Crippen LogP contribution in [0.1, 0.15) is 5.56 Å². The van der Waals surface area contributed by atoms with Crippen molar-refractivity contribution in [3.63, 3.8) is 0 Å². The normalized spacial score (nSPS) is 10.7. The summed E-state index contributed by atoms with van der Waals surface area (Å²) in [5.41, 5.74) is 1.85. The second kappa shape index (κ2) is 6.48. The Kier molecular flexibility index (Phi) is 4.03. The molecule has 0 saturated carbocycles. The van der Waals surface area contributed by atoms with Crippen molar-refractivity contribution in [3.05, 3.63) is 84.7 Å². The van der Waals surface area contributed by atoms with Crippen molar-refractivity contribution in [2.45, 2.75) is 0 Å². The van der Waals surface area contributed by atoms with E-state index in [0.29, 0.717) is 0 Å². The molecule has 2 aromatic carbocycles. The fourth-order valence-corrected chi connectivity index (χ4v) is 1.83. The first-order valence-electron chi connectivity index (χ1n) is 6.67. The predicted molar refractivity (Wildman–Crippen MR) is 84.4 cm³/mol. The van der Waals surface area contributed by atoms with E-state index in [9.17, 15) is 0 Å². The highest BCUT2D eigenvalue weighted by molar-refractivity contribution is 5.81. The van der Waals surface area contributed by atoms with Crippen LogP contribution in [0.3, 0.4) is 0 Å². The van der Waals surface area contributed by atoms with E-state index in [1.807, 2.05) is 72.9 Å². The van der Waals surface area contributed by atoms with E-state index in [4.69, 9.17) is 4.74 Å². The Morgan fingerprint density at radius 3 is 2.29 bits per heavy atom. The van der Waals surface area contributed by atoms with Crippen LogP contribution in [0.25, 0.3) is 0 Å². The van der Waals surface area contributed by atoms with Gasteiger partial charge in [0.2, 0.25) is 0 Å². The van der Waals surface area contributed by atoms with E-state index >= 15 is 0 Å². The lowest BCUT2D eigenvalue weighted by Gasteiger charge is -2.05. The number of ether oxygens (including phenoxy) is 1.